The predicted molar refractivity (Wildman–Crippen MR) is 36.3 cm³/mol. The van der Waals surface area contributed by atoms with Crippen molar-refractivity contribution in [3.63, 3.8) is 0 Å². The molecular formula is C8H9O. The van der Waals surface area contributed by atoms with E-state index in [1.807, 2.05) is 6.07 Å². The number of aromatic hydroxyl groups is 1. The van der Waals surface area contributed by atoms with E-state index in [9.17, 15) is 0 Å². The quantitative estimate of drug-likeness (QED) is 0.600. The predicted octanol–water partition coefficient (Wildman–Crippen LogP) is 1.75. The molecule has 0 aliphatic carbocycles. The summed E-state index contributed by atoms with van der Waals surface area (Å²) >= 11 is 0. The number of rotatable bonds is 1. The maximum Gasteiger partial charge on any atom is 0.123 e. The first-order valence-corrected chi connectivity index (χ1v) is 3.02. The highest BCUT2D eigenvalue weighted by atomic mass is 16.3. The normalized spacial score (nSPS) is 9.44. The van der Waals surface area contributed by atoms with Gasteiger partial charge in [-0.1, -0.05) is 19.1 Å². The van der Waals surface area contributed by atoms with Crippen LogP contribution in [-0.2, 0) is 6.42 Å². The van der Waals surface area contributed by atoms with Crippen molar-refractivity contribution < 1.29 is 5.11 Å². The van der Waals surface area contributed by atoms with Crippen molar-refractivity contribution in [2.45, 2.75) is 13.3 Å². The first-order valence-electron chi connectivity index (χ1n) is 3.02. The van der Waals surface area contributed by atoms with Crippen LogP contribution >= 0.6 is 0 Å². The monoisotopic (exact) mass is 121 g/mol. The van der Waals surface area contributed by atoms with Gasteiger partial charge in [-0.15, -0.1) is 0 Å². The highest BCUT2D eigenvalue weighted by molar-refractivity contribution is 5.25. The fraction of sp³-hybridized carbons (Fsp3) is 0.250. The number of phenolic OH excluding ortho intramolecular Hbond substituents is 1. The third kappa shape index (κ3) is 1.46. The molecule has 9 heavy (non-hydrogen) atoms. The second-order valence-corrected chi connectivity index (χ2v) is 1.94. The third-order valence-electron chi connectivity index (χ3n) is 1.26. The van der Waals surface area contributed by atoms with E-state index in [0.717, 1.165) is 12.0 Å². The third-order valence-corrected chi connectivity index (χ3v) is 1.26. The summed E-state index contributed by atoms with van der Waals surface area (Å²) in [5.74, 6) is 0.231. The van der Waals surface area contributed by atoms with Gasteiger partial charge in [-0.3, -0.25) is 0 Å². The topological polar surface area (TPSA) is 20.2 Å². The van der Waals surface area contributed by atoms with E-state index in [1.165, 1.54) is 0 Å². The first kappa shape index (κ1) is 6.14. The number of benzene rings is 1. The molecule has 1 aromatic carbocycles. The Balaban J connectivity index is 2.94. The average molecular weight is 121 g/mol. The van der Waals surface area contributed by atoms with Crippen molar-refractivity contribution in [3.05, 3.63) is 29.8 Å². The van der Waals surface area contributed by atoms with Crippen LogP contribution in [0.4, 0.5) is 0 Å². The molecule has 0 unspecified atom stereocenters. The smallest absolute Gasteiger partial charge is 0.123 e. The largest absolute Gasteiger partial charge is 0.507 e. The molecule has 1 aromatic rings. The van der Waals surface area contributed by atoms with Crippen molar-refractivity contribution >= 4 is 0 Å². The van der Waals surface area contributed by atoms with Gasteiger partial charge in [0.2, 0.25) is 0 Å². The summed E-state index contributed by atoms with van der Waals surface area (Å²) in [6, 6.07) is 8.06. The molecular weight excluding hydrogens is 112 g/mol. The molecule has 0 aliphatic rings. The minimum Gasteiger partial charge on any atom is -0.507 e. The van der Waals surface area contributed by atoms with Crippen molar-refractivity contribution in [1.82, 2.24) is 0 Å². The van der Waals surface area contributed by atoms with E-state index < -0.39 is 0 Å². The molecule has 0 saturated heterocycles. The Bertz CT molecular complexity index is 194. The molecule has 1 nitrogen and oxygen atoms in total. The lowest BCUT2D eigenvalue weighted by Gasteiger charge is -1.93. The molecule has 1 rings (SSSR count). The molecule has 0 atom stereocenters. The summed E-state index contributed by atoms with van der Waals surface area (Å²) in [6.45, 7) is 2.05. The van der Waals surface area contributed by atoms with Gasteiger partial charge in [0.1, 0.15) is 5.75 Å². The molecule has 0 amide bonds. The Hall–Kier alpha value is -0.980. The van der Waals surface area contributed by atoms with Crippen molar-refractivity contribution in [2.24, 2.45) is 0 Å². The Morgan fingerprint density at radius 3 is 2.89 bits per heavy atom. The fourth-order valence-electron chi connectivity index (χ4n) is 0.719. The SMILES string of the molecule is CCc1cc[c]c(O)c1. The average Bonchev–Trinajstić information content (AvgIpc) is 1.88. The number of phenols is 1. The molecule has 0 heterocycles. The highest BCUT2D eigenvalue weighted by Gasteiger charge is 1.88. The lowest BCUT2D eigenvalue weighted by molar-refractivity contribution is 0.473. The van der Waals surface area contributed by atoms with Gasteiger partial charge in [0.15, 0.2) is 0 Å². The van der Waals surface area contributed by atoms with Gasteiger partial charge in [0.25, 0.3) is 0 Å². The minimum absolute atomic E-state index is 0.231. The van der Waals surface area contributed by atoms with Crippen LogP contribution in [0.1, 0.15) is 12.5 Å². The molecule has 47 valence electrons. The van der Waals surface area contributed by atoms with Crippen LogP contribution in [0.5, 0.6) is 5.75 Å². The van der Waals surface area contributed by atoms with Crippen LogP contribution in [0, 0.1) is 6.07 Å². The van der Waals surface area contributed by atoms with Crippen LogP contribution in [-0.4, -0.2) is 5.11 Å². The van der Waals surface area contributed by atoms with Crippen LogP contribution < -0.4 is 0 Å². The second-order valence-electron chi connectivity index (χ2n) is 1.94. The zero-order valence-electron chi connectivity index (χ0n) is 5.39. The lowest BCUT2D eigenvalue weighted by atomic mass is 10.2. The molecule has 1 N–H and O–H groups in total. The van der Waals surface area contributed by atoms with Gasteiger partial charge in [0.05, 0.1) is 0 Å². The number of hydrogen-bond acceptors (Lipinski definition) is 1. The standard InChI is InChI=1S/C8H9O/c1-2-7-4-3-5-8(9)6-7/h3-4,6,9H,2H2,1H3. The van der Waals surface area contributed by atoms with E-state index in [0.29, 0.717) is 0 Å². The lowest BCUT2D eigenvalue weighted by Crippen LogP contribution is -1.76. The van der Waals surface area contributed by atoms with Gasteiger partial charge in [-0.05, 0) is 18.1 Å². The summed E-state index contributed by atoms with van der Waals surface area (Å²) in [5.41, 5.74) is 1.14. The zero-order valence-corrected chi connectivity index (χ0v) is 5.39. The number of aryl methyl sites for hydroxylation is 1. The Kier molecular flexibility index (Phi) is 1.73. The summed E-state index contributed by atoms with van der Waals surface area (Å²) in [7, 11) is 0. The van der Waals surface area contributed by atoms with Crippen LogP contribution in [0.15, 0.2) is 18.2 Å². The number of hydrogen-bond donors (Lipinski definition) is 1. The van der Waals surface area contributed by atoms with Crippen LogP contribution in [0.3, 0.4) is 0 Å². The highest BCUT2D eigenvalue weighted by Crippen LogP contribution is 2.09. The molecule has 0 aromatic heterocycles. The van der Waals surface area contributed by atoms with E-state index in [4.69, 9.17) is 5.11 Å². The van der Waals surface area contributed by atoms with Crippen molar-refractivity contribution in [2.75, 3.05) is 0 Å². The van der Waals surface area contributed by atoms with Crippen molar-refractivity contribution in [1.29, 1.82) is 0 Å². The Morgan fingerprint density at radius 1 is 1.67 bits per heavy atom. The second kappa shape index (κ2) is 2.53. The van der Waals surface area contributed by atoms with Crippen molar-refractivity contribution in [3.8, 4) is 5.75 Å². The summed E-state index contributed by atoms with van der Waals surface area (Å²) in [5, 5.41) is 8.89. The molecule has 0 fully saturated rings. The molecule has 0 bridgehead atoms. The first-order chi connectivity index (χ1) is 4.33. The summed E-state index contributed by atoms with van der Waals surface area (Å²) in [4.78, 5) is 0. The fourth-order valence-corrected chi connectivity index (χ4v) is 0.719. The van der Waals surface area contributed by atoms with E-state index in [2.05, 4.69) is 13.0 Å². The summed E-state index contributed by atoms with van der Waals surface area (Å²) < 4.78 is 0. The van der Waals surface area contributed by atoms with E-state index >= 15 is 0 Å². The van der Waals surface area contributed by atoms with Gasteiger partial charge in [-0.25, -0.2) is 0 Å². The van der Waals surface area contributed by atoms with Gasteiger partial charge in [0, 0.05) is 6.07 Å². The maximum absolute atomic E-state index is 8.89. The van der Waals surface area contributed by atoms with Gasteiger partial charge < -0.3 is 5.11 Å². The zero-order chi connectivity index (χ0) is 6.69. The van der Waals surface area contributed by atoms with Gasteiger partial charge >= 0.3 is 0 Å². The molecule has 1 radical (unpaired) electrons. The molecule has 0 saturated carbocycles. The van der Waals surface area contributed by atoms with Gasteiger partial charge in [-0.2, -0.15) is 0 Å². The molecule has 0 spiro atoms. The van der Waals surface area contributed by atoms with E-state index in [1.54, 1.807) is 12.1 Å². The Morgan fingerprint density at radius 2 is 2.44 bits per heavy atom. The van der Waals surface area contributed by atoms with Crippen LogP contribution in [0.2, 0.25) is 0 Å². The maximum atomic E-state index is 8.89. The molecule has 1 heteroatoms. The van der Waals surface area contributed by atoms with E-state index in [-0.39, 0.29) is 5.75 Å². The minimum atomic E-state index is 0.231. The summed E-state index contributed by atoms with van der Waals surface area (Å²) in [6.07, 6.45) is 0.961. The molecule has 0 aliphatic heterocycles. The Labute approximate surface area is 55.0 Å². The van der Waals surface area contributed by atoms with Crippen LogP contribution in [0.25, 0.3) is 0 Å².